The van der Waals surface area contributed by atoms with Crippen LogP contribution in [0.25, 0.3) is 11.1 Å². The number of aromatic amines is 1. The monoisotopic (exact) mass is 215 g/mol. The van der Waals surface area contributed by atoms with Gasteiger partial charge in [-0.05, 0) is 24.1 Å². The van der Waals surface area contributed by atoms with Gasteiger partial charge in [0.2, 0.25) is 5.56 Å². The smallest absolute Gasteiger partial charge is 0.248 e. The van der Waals surface area contributed by atoms with Gasteiger partial charge < -0.3 is 4.98 Å². The van der Waals surface area contributed by atoms with Crippen LogP contribution in [0.15, 0.2) is 47.4 Å². The summed E-state index contributed by atoms with van der Waals surface area (Å²) in [6.45, 7) is 6.04. The van der Waals surface area contributed by atoms with Crippen LogP contribution in [0.1, 0.15) is 19.4 Å². The Labute approximate surface area is 96.0 Å². The van der Waals surface area contributed by atoms with Gasteiger partial charge >= 0.3 is 0 Å². The molecular weight excluding hydrogens is 198 g/mol. The minimum absolute atomic E-state index is 0.0657. The topological polar surface area (TPSA) is 32.9 Å². The van der Waals surface area contributed by atoms with Crippen LogP contribution in [0.4, 0.5) is 0 Å². The summed E-state index contributed by atoms with van der Waals surface area (Å²) in [4.78, 5) is 13.7. The van der Waals surface area contributed by atoms with E-state index in [0.29, 0.717) is 0 Å². The SMILES string of the molecule is CC.Cc1cccc(-c2cc[nH]c(=O)c2)c1. The van der Waals surface area contributed by atoms with Crippen molar-refractivity contribution >= 4 is 0 Å². The molecule has 0 atom stereocenters. The Morgan fingerprint density at radius 2 is 1.69 bits per heavy atom. The first-order valence-electron chi connectivity index (χ1n) is 5.51. The molecule has 1 aromatic heterocycles. The average Bonchev–Trinajstić information content (AvgIpc) is 2.32. The molecule has 1 heterocycles. The van der Waals surface area contributed by atoms with Crippen LogP contribution in [0.2, 0.25) is 0 Å². The van der Waals surface area contributed by atoms with Crippen molar-refractivity contribution in [2.45, 2.75) is 20.8 Å². The predicted molar refractivity (Wildman–Crippen MR) is 68.6 cm³/mol. The zero-order chi connectivity index (χ0) is 12.0. The zero-order valence-electron chi connectivity index (χ0n) is 9.95. The van der Waals surface area contributed by atoms with Crippen LogP contribution in [0, 0.1) is 6.92 Å². The molecule has 0 radical (unpaired) electrons. The van der Waals surface area contributed by atoms with Crippen LogP contribution in [0.5, 0.6) is 0 Å². The molecule has 2 rings (SSSR count). The number of rotatable bonds is 1. The van der Waals surface area contributed by atoms with E-state index in [9.17, 15) is 4.79 Å². The lowest BCUT2D eigenvalue weighted by atomic mass is 10.1. The maximum absolute atomic E-state index is 11.1. The fourth-order valence-electron chi connectivity index (χ4n) is 1.45. The molecule has 0 spiro atoms. The van der Waals surface area contributed by atoms with Crippen LogP contribution in [-0.4, -0.2) is 4.98 Å². The molecule has 84 valence electrons. The molecule has 0 aliphatic carbocycles. The summed E-state index contributed by atoms with van der Waals surface area (Å²) < 4.78 is 0. The summed E-state index contributed by atoms with van der Waals surface area (Å²) in [6, 6.07) is 11.6. The number of benzene rings is 1. The molecule has 1 aromatic carbocycles. The normalized spacial score (nSPS) is 9.19. The van der Waals surface area contributed by atoms with E-state index in [-0.39, 0.29) is 5.56 Å². The molecule has 0 amide bonds. The Kier molecular flexibility index (Phi) is 4.52. The lowest BCUT2D eigenvalue weighted by Gasteiger charge is -2.01. The summed E-state index contributed by atoms with van der Waals surface area (Å²) in [5, 5.41) is 0. The molecular formula is C14H17NO. The number of aryl methyl sites for hydroxylation is 1. The Bertz CT molecular complexity index is 500. The maximum atomic E-state index is 11.1. The lowest BCUT2D eigenvalue weighted by Crippen LogP contribution is -2.01. The summed E-state index contributed by atoms with van der Waals surface area (Å²) in [6.07, 6.45) is 1.67. The van der Waals surface area contributed by atoms with Gasteiger partial charge in [-0.25, -0.2) is 0 Å². The first kappa shape index (κ1) is 12.2. The summed E-state index contributed by atoms with van der Waals surface area (Å²) in [5.41, 5.74) is 3.17. The van der Waals surface area contributed by atoms with Gasteiger partial charge in [0.1, 0.15) is 0 Å². The summed E-state index contributed by atoms with van der Waals surface area (Å²) in [5.74, 6) is 0. The first-order chi connectivity index (χ1) is 7.75. The Hall–Kier alpha value is -1.83. The van der Waals surface area contributed by atoms with E-state index < -0.39 is 0 Å². The second kappa shape index (κ2) is 5.91. The summed E-state index contributed by atoms with van der Waals surface area (Å²) >= 11 is 0. The van der Waals surface area contributed by atoms with Gasteiger partial charge in [0.15, 0.2) is 0 Å². The molecule has 2 aromatic rings. The Morgan fingerprint density at radius 3 is 2.31 bits per heavy atom. The van der Waals surface area contributed by atoms with Crippen molar-refractivity contribution in [2.24, 2.45) is 0 Å². The highest BCUT2D eigenvalue weighted by Gasteiger charge is 1.97. The average molecular weight is 215 g/mol. The van der Waals surface area contributed by atoms with E-state index >= 15 is 0 Å². The molecule has 0 aliphatic rings. The molecule has 1 N–H and O–H groups in total. The van der Waals surface area contributed by atoms with E-state index in [1.807, 2.05) is 45.0 Å². The molecule has 2 nitrogen and oxygen atoms in total. The van der Waals surface area contributed by atoms with Gasteiger partial charge in [0, 0.05) is 12.3 Å². The van der Waals surface area contributed by atoms with Gasteiger partial charge in [0.05, 0.1) is 0 Å². The van der Waals surface area contributed by atoms with Crippen molar-refractivity contribution in [3.05, 3.63) is 58.5 Å². The highest BCUT2D eigenvalue weighted by Crippen LogP contribution is 2.17. The summed E-state index contributed by atoms with van der Waals surface area (Å²) in [7, 11) is 0. The molecule has 16 heavy (non-hydrogen) atoms. The van der Waals surface area contributed by atoms with Crippen LogP contribution >= 0.6 is 0 Å². The number of hydrogen-bond donors (Lipinski definition) is 1. The molecule has 0 bridgehead atoms. The standard InChI is InChI=1S/C12H11NO.C2H6/c1-9-3-2-4-10(7-9)11-5-6-13-12(14)8-11;1-2/h2-8H,1H3,(H,13,14);1-2H3. The third-order valence-electron chi connectivity index (χ3n) is 2.13. The lowest BCUT2D eigenvalue weighted by molar-refractivity contribution is 1.24. The zero-order valence-corrected chi connectivity index (χ0v) is 9.95. The van der Waals surface area contributed by atoms with Gasteiger partial charge in [-0.15, -0.1) is 0 Å². The minimum atomic E-state index is -0.0657. The third-order valence-corrected chi connectivity index (χ3v) is 2.13. The number of aromatic nitrogens is 1. The maximum Gasteiger partial charge on any atom is 0.248 e. The van der Waals surface area contributed by atoms with E-state index in [0.717, 1.165) is 11.1 Å². The Balaban J connectivity index is 0.000000606. The molecule has 0 saturated carbocycles. The van der Waals surface area contributed by atoms with Crippen molar-refractivity contribution in [3.63, 3.8) is 0 Å². The van der Waals surface area contributed by atoms with E-state index in [1.54, 1.807) is 12.3 Å². The van der Waals surface area contributed by atoms with Crippen molar-refractivity contribution in [1.29, 1.82) is 0 Å². The molecule has 0 unspecified atom stereocenters. The number of hydrogen-bond acceptors (Lipinski definition) is 1. The largest absolute Gasteiger partial charge is 0.329 e. The highest BCUT2D eigenvalue weighted by atomic mass is 16.1. The molecule has 0 fully saturated rings. The first-order valence-corrected chi connectivity index (χ1v) is 5.51. The van der Waals surface area contributed by atoms with Gasteiger partial charge in [-0.2, -0.15) is 0 Å². The quantitative estimate of drug-likeness (QED) is 0.777. The number of pyridine rings is 1. The molecule has 0 aliphatic heterocycles. The minimum Gasteiger partial charge on any atom is -0.329 e. The van der Waals surface area contributed by atoms with Gasteiger partial charge in [-0.3, -0.25) is 4.79 Å². The van der Waals surface area contributed by atoms with Crippen molar-refractivity contribution in [1.82, 2.24) is 4.98 Å². The number of nitrogens with one attached hydrogen (secondary N) is 1. The van der Waals surface area contributed by atoms with Crippen LogP contribution in [0.3, 0.4) is 0 Å². The predicted octanol–water partition coefficient (Wildman–Crippen LogP) is 3.38. The van der Waals surface area contributed by atoms with E-state index in [2.05, 4.69) is 11.1 Å². The molecule has 2 heteroatoms. The second-order valence-electron chi connectivity index (χ2n) is 3.31. The number of H-pyrrole nitrogens is 1. The van der Waals surface area contributed by atoms with E-state index in [4.69, 9.17) is 0 Å². The van der Waals surface area contributed by atoms with Crippen molar-refractivity contribution in [2.75, 3.05) is 0 Å². The van der Waals surface area contributed by atoms with Gasteiger partial charge in [-0.1, -0.05) is 43.7 Å². The van der Waals surface area contributed by atoms with Gasteiger partial charge in [0.25, 0.3) is 0 Å². The van der Waals surface area contributed by atoms with Crippen LogP contribution < -0.4 is 5.56 Å². The fourth-order valence-corrected chi connectivity index (χ4v) is 1.45. The molecule has 0 saturated heterocycles. The van der Waals surface area contributed by atoms with Crippen molar-refractivity contribution in [3.8, 4) is 11.1 Å². The van der Waals surface area contributed by atoms with Crippen LogP contribution in [-0.2, 0) is 0 Å². The van der Waals surface area contributed by atoms with E-state index in [1.165, 1.54) is 5.56 Å². The fraction of sp³-hybridized carbons (Fsp3) is 0.214. The van der Waals surface area contributed by atoms with Crippen molar-refractivity contribution < 1.29 is 0 Å². The Morgan fingerprint density at radius 1 is 1.00 bits per heavy atom. The highest BCUT2D eigenvalue weighted by molar-refractivity contribution is 5.63. The second-order valence-corrected chi connectivity index (χ2v) is 3.31. The third kappa shape index (κ3) is 3.09.